The summed E-state index contributed by atoms with van der Waals surface area (Å²) < 4.78 is 3.46. The van der Waals surface area contributed by atoms with E-state index in [0.717, 1.165) is 22.1 Å². The molecule has 0 aliphatic rings. The van der Waals surface area contributed by atoms with Crippen LogP contribution in [0.15, 0.2) is 65.7 Å². The van der Waals surface area contributed by atoms with Gasteiger partial charge < -0.3 is 0 Å². The first kappa shape index (κ1) is 15.1. The molecule has 5 rings (SSSR count). The maximum atomic E-state index is 13.1. The minimum Gasteiger partial charge on any atom is -0.282 e. The highest BCUT2D eigenvalue weighted by Gasteiger charge is 2.13. The molecule has 0 saturated carbocycles. The van der Waals surface area contributed by atoms with Crippen LogP contribution in [0.25, 0.3) is 33.4 Å². The summed E-state index contributed by atoms with van der Waals surface area (Å²) in [6.45, 7) is 1.96. The van der Waals surface area contributed by atoms with E-state index in [9.17, 15) is 4.79 Å². The van der Waals surface area contributed by atoms with Gasteiger partial charge in [-0.05, 0) is 42.8 Å². The van der Waals surface area contributed by atoms with Gasteiger partial charge in [0.05, 0.1) is 32.6 Å². The van der Waals surface area contributed by atoms with E-state index >= 15 is 0 Å². The summed E-state index contributed by atoms with van der Waals surface area (Å²) in [7, 11) is 0. The van der Waals surface area contributed by atoms with Crippen molar-refractivity contribution >= 4 is 39.3 Å². The fourth-order valence-electron chi connectivity index (χ4n) is 3.31. The summed E-state index contributed by atoms with van der Waals surface area (Å²) in [5.74, 6) is 0.573. The lowest BCUT2D eigenvalue weighted by Gasteiger charge is -2.10. The molecule has 0 atom stereocenters. The van der Waals surface area contributed by atoms with Crippen LogP contribution in [0.1, 0.15) is 5.56 Å². The summed E-state index contributed by atoms with van der Waals surface area (Å²) in [4.78, 5) is 22.0. The van der Waals surface area contributed by atoms with Crippen molar-refractivity contribution in [3.8, 4) is 5.69 Å². The largest absolute Gasteiger partial charge is 0.282 e. The van der Waals surface area contributed by atoms with Crippen LogP contribution < -0.4 is 5.56 Å². The second-order valence-corrected chi connectivity index (χ2v) is 6.65. The lowest BCUT2D eigenvalue weighted by molar-refractivity contribution is 0.999. The van der Waals surface area contributed by atoms with Crippen LogP contribution in [0.5, 0.6) is 0 Å². The van der Waals surface area contributed by atoms with Crippen molar-refractivity contribution in [1.29, 1.82) is 0 Å². The lowest BCUT2D eigenvalue weighted by Crippen LogP contribution is -2.19. The average molecular weight is 361 g/mol. The number of halogens is 1. The van der Waals surface area contributed by atoms with Crippen molar-refractivity contribution in [3.63, 3.8) is 0 Å². The predicted octanol–water partition coefficient (Wildman–Crippen LogP) is 4.15. The zero-order valence-corrected chi connectivity index (χ0v) is 14.6. The van der Waals surface area contributed by atoms with E-state index in [1.54, 1.807) is 17.0 Å². The smallest absolute Gasteiger partial charge is 0.266 e. The third-order valence-electron chi connectivity index (χ3n) is 4.56. The molecule has 26 heavy (non-hydrogen) atoms. The van der Waals surface area contributed by atoms with Crippen molar-refractivity contribution in [3.05, 3.63) is 81.9 Å². The third kappa shape index (κ3) is 2.07. The molecule has 2 aromatic carbocycles. The monoisotopic (exact) mass is 360 g/mol. The van der Waals surface area contributed by atoms with Crippen LogP contribution in [0.3, 0.4) is 0 Å². The van der Waals surface area contributed by atoms with E-state index in [0.29, 0.717) is 21.9 Å². The Morgan fingerprint density at radius 1 is 1.04 bits per heavy atom. The highest BCUT2D eigenvalue weighted by atomic mass is 35.5. The fourth-order valence-corrected chi connectivity index (χ4v) is 3.64. The summed E-state index contributed by atoms with van der Waals surface area (Å²) in [6, 6.07) is 15.3. The summed E-state index contributed by atoms with van der Waals surface area (Å²) in [5, 5.41) is 1.05. The van der Waals surface area contributed by atoms with Crippen molar-refractivity contribution in [2.75, 3.05) is 0 Å². The van der Waals surface area contributed by atoms with Crippen molar-refractivity contribution in [2.24, 2.45) is 0 Å². The normalized spacial score (nSPS) is 11.6. The molecule has 0 amide bonds. The van der Waals surface area contributed by atoms with E-state index in [-0.39, 0.29) is 5.56 Å². The molecule has 5 aromatic rings. The predicted molar refractivity (Wildman–Crippen MR) is 103 cm³/mol. The highest BCUT2D eigenvalue weighted by Crippen LogP contribution is 2.23. The number of hydrogen-bond donors (Lipinski definition) is 0. The number of benzene rings is 2. The first-order valence-corrected chi connectivity index (χ1v) is 8.55. The molecule has 0 saturated heterocycles. The number of fused-ring (bicyclic) bond motifs is 5. The van der Waals surface area contributed by atoms with E-state index in [1.165, 1.54) is 0 Å². The van der Waals surface area contributed by atoms with Gasteiger partial charge in [0.15, 0.2) is 0 Å². The number of hydrogen-bond acceptors (Lipinski definition) is 3. The van der Waals surface area contributed by atoms with Crippen LogP contribution in [0.4, 0.5) is 0 Å². The lowest BCUT2D eigenvalue weighted by atomic mass is 10.2. The highest BCUT2D eigenvalue weighted by molar-refractivity contribution is 6.32. The summed E-state index contributed by atoms with van der Waals surface area (Å²) >= 11 is 6.35. The van der Waals surface area contributed by atoms with Gasteiger partial charge in [-0.1, -0.05) is 29.8 Å². The maximum absolute atomic E-state index is 13.1. The van der Waals surface area contributed by atoms with Gasteiger partial charge in [0.25, 0.3) is 5.56 Å². The van der Waals surface area contributed by atoms with Crippen molar-refractivity contribution in [2.45, 2.75) is 6.92 Å². The maximum Gasteiger partial charge on any atom is 0.266 e. The van der Waals surface area contributed by atoms with Crippen molar-refractivity contribution in [1.82, 2.24) is 18.9 Å². The van der Waals surface area contributed by atoms with Crippen molar-refractivity contribution < 1.29 is 0 Å². The molecule has 0 aliphatic heterocycles. The standard InChI is InChI=1S/C20H13ClN4O/c1-12-6-7-17(14(21)10-12)24-9-8-16-13(19(24)26)11-22-20-23-15-4-2-3-5-18(15)25(16)20/h2-11H,1H3. The Hall–Kier alpha value is -3.18. The number of aromatic nitrogens is 4. The minimum absolute atomic E-state index is 0.166. The molecule has 0 aliphatic carbocycles. The van der Waals surface area contributed by atoms with Crippen LogP contribution in [-0.4, -0.2) is 18.9 Å². The van der Waals surface area contributed by atoms with E-state index < -0.39 is 0 Å². The molecule has 0 fully saturated rings. The van der Waals surface area contributed by atoms with Crippen LogP contribution in [-0.2, 0) is 0 Å². The Balaban J connectivity index is 1.88. The molecular weight excluding hydrogens is 348 g/mol. The minimum atomic E-state index is -0.166. The number of para-hydroxylation sites is 2. The van der Waals surface area contributed by atoms with Gasteiger partial charge in [0.2, 0.25) is 5.78 Å². The quantitative estimate of drug-likeness (QED) is 0.451. The van der Waals surface area contributed by atoms with Crippen LogP contribution >= 0.6 is 11.6 Å². The molecular formula is C20H13ClN4O. The van der Waals surface area contributed by atoms with Gasteiger partial charge >= 0.3 is 0 Å². The van der Waals surface area contributed by atoms with Gasteiger partial charge in [0.1, 0.15) is 0 Å². The molecule has 3 heterocycles. The molecule has 126 valence electrons. The zero-order chi connectivity index (χ0) is 17.8. The number of aryl methyl sites for hydroxylation is 1. The molecule has 3 aromatic heterocycles. The average Bonchev–Trinajstić information content (AvgIpc) is 3.02. The van der Waals surface area contributed by atoms with Gasteiger partial charge in [-0.25, -0.2) is 9.97 Å². The van der Waals surface area contributed by atoms with Crippen LogP contribution in [0.2, 0.25) is 5.02 Å². The number of imidazole rings is 1. The van der Waals surface area contributed by atoms with E-state index in [2.05, 4.69) is 9.97 Å². The number of nitrogens with zero attached hydrogens (tertiary/aromatic N) is 4. The molecule has 0 spiro atoms. The first-order valence-electron chi connectivity index (χ1n) is 8.17. The summed E-state index contributed by atoms with van der Waals surface area (Å²) in [5.41, 5.74) is 4.07. The fraction of sp³-hybridized carbons (Fsp3) is 0.0500. The molecule has 0 N–H and O–H groups in total. The SMILES string of the molecule is Cc1ccc(-n2ccc3c(cnc4nc5ccccc5n43)c2=O)c(Cl)c1. The van der Waals surface area contributed by atoms with Gasteiger partial charge in [-0.15, -0.1) is 0 Å². The molecule has 6 heteroatoms. The van der Waals surface area contributed by atoms with E-state index in [4.69, 9.17) is 11.6 Å². The van der Waals surface area contributed by atoms with Gasteiger partial charge in [0, 0.05) is 12.4 Å². The Morgan fingerprint density at radius 3 is 2.73 bits per heavy atom. The Kier molecular flexibility index (Phi) is 3.14. The topological polar surface area (TPSA) is 52.2 Å². The molecule has 0 radical (unpaired) electrons. The first-order chi connectivity index (χ1) is 12.6. The number of pyridine rings is 1. The Bertz CT molecular complexity index is 1380. The second kappa shape index (κ2) is 5.41. The second-order valence-electron chi connectivity index (χ2n) is 6.24. The van der Waals surface area contributed by atoms with Gasteiger partial charge in [-0.3, -0.25) is 13.8 Å². The van der Waals surface area contributed by atoms with Gasteiger partial charge in [-0.2, -0.15) is 0 Å². The Labute approximate surface area is 153 Å². The molecule has 0 bridgehead atoms. The summed E-state index contributed by atoms with van der Waals surface area (Å²) in [6.07, 6.45) is 3.33. The third-order valence-corrected chi connectivity index (χ3v) is 4.87. The molecule has 0 unspecified atom stereocenters. The van der Waals surface area contributed by atoms with E-state index in [1.807, 2.05) is 59.9 Å². The zero-order valence-electron chi connectivity index (χ0n) is 13.8. The van der Waals surface area contributed by atoms with Crippen LogP contribution in [0, 0.1) is 6.92 Å². The number of rotatable bonds is 1. The molecule has 5 nitrogen and oxygen atoms in total. The Morgan fingerprint density at radius 2 is 1.88 bits per heavy atom.